The highest BCUT2D eigenvalue weighted by molar-refractivity contribution is 7.98. The number of nitrogens with zero attached hydrogens (tertiary/aromatic N) is 5. The van der Waals surface area contributed by atoms with Gasteiger partial charge in [-0.15, -0.1) is 21.5 Å². The molecule has 0 fully saturated rings. The van der Waals surface area contributed by atoms with Gasteiger partial charge < -0.3 is 9.26 Å². The van der Waals surface area contributed by atoms with Crippen LogP contribution in [-0.2, 0) is 5.75 Å². The highest BCUT2D eigenvalue weighted by Crippen LogP contribution is 2.27. The second-order valence-electron chi connectivity index (χ2n) is 5.34. The highest BCUT2D eigenvalue weighted by atomic mass is 32.2. The molecule has 0 bridgehead atoms. The third kappa shape index (κ3) is 3.35. The fraction of sp³-hybridized carbons (Fsp3) is 0.176. The molecule has 0 aliphatic heterocycles. The zero-order valence-electron chi connectivity index (χ0n) is 14.1. The lowest BCUT2D eigenvalue weighted by atomic mass is 10.3. The monoisotopic (exact) mass is 385 g/mol. The molecule has 7 nitrogen and oxygen atoms in total. The lowest BCUT2D eigenvalue weighted by Gasteiger charge is -2.08. The summed E-state index contributed by atoms with van der Waals surface area (Å²) in [6, 6.07) is 11.7. The molecule has 0 atom stereocenters. The van der Waals surface area contributed by atoms with Gasteiger partial charge in [0.1, 0.15) is 11.6 Å². The van der Waals surface area contributed by atoms with Crippen molar-refractivity contribution >= 4 is 23.1 Å². The van der Waals surface area contributed by atoms with Crippen LogP contribution >= 0.6 is 23.1 Å². The Hall–Kier alpha value is -2.65. The second kappa shape index (κ2) is 7.30. The molecule has 0 aliphatic rings. The van der Waals surface area contributed by atoms with Crippen molar-refractivity contribution in [3.05, 3.63) is 53.5 Å². The van der Waals surface area contributed by atoms with E-state index in [2.05, 4.69) is 20.3 Å². The van der Waals surface area contributed by atoms with Crippen molar-refractivity contribution in [1.82, 2.24) is 24.9 Å². The van der Waals surface area contributed by atoms with E-state index in [1.165, 1.54) is 11.8 Å². The third-order valence-corrected chi connectivity index (χ3v) is 5.44. The minimum atomic E-state index is 0.520. The molecule has 3 heterocycles. The lowest BCUT2D eigenvalue weighted by molar-refractivity contribution is 0.391. The fourth-order valence-electron chi connectivity index (χ4n) is 2.41. The zero-order chi connectivity index (χ0) is 17.9. The van der Waals surface area contributed by atoms with Crippen LogP contribution in [0.4, 0.5) is 0 Å². The Bertz CT molecular complexity index is 993. The summed E-state index contributed by atoms with van der Waals surface area (Å²) in [6.07, 6.45) is 0. The summed E-state index contributed by atoms with van der Waals surface area (Å²) in [5.41, 5.74) is 0.973. The number of hydrogen-bond acceptors (Lipinski definition) is 8. The molecule has 3 aromatic heterocycles. The van der Waals surface area contributed by atoms with Crippen molar-refractivity contribution in [3.63, 3.8) is 0 Å². The lowest BCUT2D eigenvalue weighted by Crippen LogP contribution is -1.99. The van der Waals surface area contributed by atoms with E-state index in [4.69, 9.17) is 9.26 Å². The molecule has 0 saturated heterocycles. The zero-order valence-corrected chi connectivity index (χ0v) is 15.8. The van der Waals surface area contributed by atoms with Crippen molar-refractivity contribution < 1.29 is 9.26 Å². The maximum atomic E-state index is 5.34. The number of aryl methyl sites for hydroxylation is 1. The maximum Gasteiger partial charge on any atom is 0.237 e. The van der Waals surface area contributed by atoms with E-state index in [9.17, 15) is 0 Å². The molecule has 26 heavy (non-hydrogen) atoms. The highest BCUT2D eigenvalue weighted by Gasteiger charge is 2.15. The van der Waals surface area contributed by atoms with Gasteiger partial charge in [-0.1, -0.05) is 23.0 Å². The van der Waals surface area contributed by atoms with Gasteiger partial charge in [-0.3, -0.25) is 4.57 Å². The quantitative estimate of drug-likeness (QED) is 0.464. The molecule has 4 aromatic rings. The Kier molecular flexibility index (Phi) is 4.72. The van der Waals surface area contributed by atoms with Crippen LogP contribution in [0.5, 0.6) is 5.75 Å². The summed E-state index contributed by atoms with van der Waals surface area (Å²) >= 11 is 3.08. The maximum absolute atomic E-state index is 5.34. The van der Waals surface area contributed by atoms with Crippen LogP contribution < -0.4 is 4.74 Å². The SMILES string of the molecule is COc1ccc(-n2c(C)nnc2SCc2nc(-c3cccs3)no2)cc1. The van der Waals surface area contributed by atoms with Crippen LogP contribution in [0.2, 0.25) is 0 Å². The van der Waals surface area contributed by atoms with Crippen LogP contribution in [-0.4, -0.2) is 32.0 Å². The standard InChI is InChI=1S/C17H15N5O2S2/c1-11-19-20-17(22(11)12-5-7-13(23-2)8-6-12)26-10-15-18-16(21-24-15)14-4-3-9-25-14/h3-9H,10H2,1-2H3. The molecule has 0 amide bonds. The van der Waals surface area contributed by atoms with Crippen molar-refractivity contribution in [3.8, 4) is 22.1 Å². The smallest absolute Gasteiger partial charge is 0.237 e. The van der Waals surface area contributed by atoms with Crippen molar-refractivity contribution in [2.45, 2.75) is 17.8 Å². The Morgan fingerprint density at radius 1 is 1.19 bits per heavy atom. The summed E-state index contributed by atoms with van der Waals surface area (Å²) in [5, 5.41) is 15.2. The Labute approximate surface area is 158 Å². The summed E-state index contributed by atoms with van der Waals surface area (Å²) in [4.78, 5) is 5.43. The van der Waals surface area contributed by atoms with Gasteiger partial charge in [0.2, 0.25) is 11.7 Å². The second-order valence-corrected chi connectivity index (χ2v) is 7.23. The van der Waals surface area contributed by atoms with Gasteiger partial charge in [-0.25, -0.2) is 0 Å². The van der Waals surface area contributed by atoms with E-state index in [1.807, 2.05) is 53.3 Å². The number of aromatic nitrogens is 5. The largest absolute Gasteiger partial charge is 0.497 e. The van der Waals surface area contributed by atoms with E-state index in [0.29, 0.717) is 17.5 Å². The van der Waals surface area contributed by atoms with Gasteiger partial charge in [-0.2, -0.15) is 4.98 Å². The Balaban J connectivity index is 1.52. The van der Waals surface area contributed by atoms with E-state index in [-0.39, 0.29) is 0 Å². The first kappa shape index (κ1) is 16.8. The molecule has 0 spiro atoms. The Morgan fingerprint density at radius 2 is 2.04 bits per heavy atom. The number of rotatable bonds is 6. The molecule has 4 rings (SSSR count). The summed E-state index contributed by atoms with van der Waals surface area (Å²) in [6.45, 7) is 1.92. The molecular weight excluding hydrogens is 370 g/mol. The van der Waals surface area contributed by atoms with Crippen LogP contribution in [0.15, 0.2) is 51.5 Å². The van der Waals surface area contributed by atoms with Crippen LogP contribution in [0.25, 0.3) is 16.4 Å². The first-order chi connectivity index (χ1) is 12.7. The average Bonchev–Trinajstić information content (AvgIpc) is 3.41. The van der Waals surface area contributed by atoms with Crippen LogP contribution in [0.1, 0.15) is 11.7 Å². The summed E-state index contributed by atoms with van der Waals surface area (Å²) < 4.78 is 12.5. The molecule has 0 N–H and O–H groups in total. The van der Waals surface area contributed by atoms with Crippen LogP contribution in [0.3, 0.4) is 0 Å². The molecule has 0 aliphatic carbocycles. The minimum Gasteiger partial charge on any atom is -0.497 e. The van der Waals surface area contributed by atoms with E-state index >= 15 is 0 Å². The van der Waals surface area contributed by atoms with Gasteiger partial charge in [0.25, 0.3) is 0 Å². The minimum absolute atomic E-state index is 0.520. The summed E-state index contributed by atoms with van der Waals surface area (Å²) in [7, 11) is 1.65. The molecule has 0 saturated carbocycles. The number of benzene rings is 1. The number of thiophene rings is 1. The number of methoxy groups -OCH3 is 1. The van der Waals surface area contributed by atoms with Crippen LogP contribution in [0, 0.1) is 6.92 Å². The third-order valence-electron chi connectivity index (χ3n) is 3.66. The normalized spacial score (nSPS) is 11.0. The van der Waals surface area contributed by atoms with E-state index in [0.717, 1.165) is 27.3 Å². The predicted octanol–water partition coefficient (Wildman–Crippen LogP) is 3.99. The topological polar surface area (TPSA) is 78.9 Å². The van der Waals surface area contributed by atoms with E-state index < -0.39 is 0 Å². The van der Waals surface area contributed by atoms with Crippen molar-refractivity contribution in [1.29, 1.82) is 0 Å². The molecule has 9 heteroatoms. The fourth-order valence-corrected chi connectivity index (χ4v) is 3.89. The molecule has 0 radical (unpaired) electrons. The molecule has 132 valence electrons. The number of hydrogen-bond donors (Lipinski definition) is 0. The first-order valence-corrected chi connectivity index (χ1v) is 9.67. The van der Waals surface area contributed by atoms with Gasteiger partial charge in [0, 0.05) is 5.69 Å². The summed E-state index contributed by atoms with van der Waals surface area (Å²) in [5.74, 6) is 3.30. The first-order valence-electron chi connectivity index (χ1n) is 7.80. The van der Waals surface area contributed by atoms with Crippen molar-refractivity contribution in [2.75, 3.05) is 7.11 Å². The predicted molar refractivity (Wildman–Crippen MR) is 99.8 cm³/mol. The van der Waals surface area contributed by atoms with Gasteiger partial charge in [0.15, 0.2) is 5.16 Å². The van der Waals surface area contributed by atoms with Gasteiger partial charge in [0.05, 0.1) is 17.7 Å². The molecule has 1 aromatic carbocycles. The van der Waals surface area contributed by atoms with Gasteiger partial charge >= 0.3 is 0 Å². The van der Waals surface area contributed by atoms with Gasteiger partial charge in [-0.05, 0) is 42.6 Å². The van der Waals surface area contributed by atoms with E-state index in [1.54, 1.807) is 18.4 Å². The molecular formula is C17H15N5O2S2. The van der Waals surface area contributed by atoms with Crippen molar-refractivity contribution in [2.24, 2.45) is 0 Å². The number of thioether (sulfide) groups is 1. The number of ether oxygens (including phenoxy) is 1. The molecule has 0 unspecified atom stereocenters. The average molecular weight is 385 g/mol. The Morgan fingerprint density at radius 3 is 2.77 bits per heavy atom.